The van der Waals surface area contributed by atoms with E-state index in [1.54, 1.807) is 6.07 Å². The second-order valence-electron chi connectivity index (χ2n) is 7.79. The molecule has 1 aromatic carbocycles. The maximum Gasteiger partial charge on any atom is 0.268 e. The van der Waals surface area contributed by atoms with Crippen molar-refractivity contribution in [2.24, 2.45) is 0 Å². The van der Waals surface area contributed by atoms with Crippen molar-refractivity contribution in [1.29, 1.82) is 5.26 Å². The van der Waals surface area contributed by atoms with E-state index in [-0.39, 0.29) is 29.8 Å². The average Bonchev–Trinajstić information content (AvgIpc) is 3.36. The summed E-state index contributed by atoms with van der Waals surface area (Å²) < 4.78 is 41.8. The molecule has 0 spiro atoms. The zero-order valence-electron chi connectivity index (χ0n) is 17.0. The van der Waals surface area contributed by atoms with E-state index in [1.807, 2.05) is 6.07 Å². The molecule has 2 amide bonds. The highest BCUT2D eigenvalue weighted by Gasteiger charge is 2.42. The summed E-state index contributed by atoms with van der Waals surface area (Å²) in [7, 11) is 0. The quantitative estimate of drug-likeness (QED) is 0.590. The number of nitrogens with zero attached hydrogens (tertiary/aromatic N) is 3. The van der Waals surface area contributed by atoms with Gasteiger partial charge in [-0.05, 0) is 29.8 Å². The summed E-state index contributed by atoms with van der Waals surface area (Å²) in [5.74, 6) is -5.20. The van der Waals surface area contributed by atoms with Crippen LogP contribution < -0.4 is 5.32 Å². The number of hydrogen-bond donors (Lipinski definition) is 2. The summed E-state index contributed by atoms with van der Waals surface area (Å²) in [6, 6.07) is 7.29. The van der Waals surface area contributed by atoms with Crippen LogP contribution in [0, 0.1) is 17.1 Å². The molecule has 3 aromatic rings. The number of hydrogen-bond acceptors (Lipinski definition) is 4. The number of halogens is 4. The van der Waals surface area contributed by atoms with Crippen LogP contribution in [0.15, 0.2) is 36.5 Å². The average molecular weight is 476 g/mol. The Labute approximate surface area is 191 Å². The third-order valence-electron chi connectivity index (χ3n) is 5.37. The number of H-pyrrole nitrogens is 1. The highest BCUT2D eigenvalue weighted by atomic mass is 35.5. The number of rotatable bonds is 5. The molecule has 1 saturated heterocycles. The fraction of sp³-hybridized carbons (Fsp3) is 0.273. The van der Waals surface area contributed by atoms with Crippen LogP contribution in [0.1, 0.15) is 28.0 Å². The Kier molecular flexibility index (Phi) is 5.99. The molecule has 170 valence electrons. The van der Waals surface area contributed by atoms with Crippen molar-refractivity contribution in [2.45, 2.75) is 24.8 Å². The summed E-state index contributed by atoms with van der Waals surface area (Å²) >= 11 is 5.91. The van der Waals surface area contributed by atoms with Gasteiger partial charge in [0, 0.05) is 31.0 Å². The Morgan fingerprint density at radius 1 is 1.33 bits per heavy atom. The van der Waals surface area contributed by atoms with Gasteiger partial charge in [0.15, 0.2) is 0 Å². The molecule has 7 nitrogen and oxygen atoms in total. The zero-order valence-corrected chi connectivity index (χ0v) is 17.8. The van der Waals surface area contributed by atoms with Gasteiger partial charge in [0.1, 0.15) is 23.2 Å². The number of nitrogens with one attached hydrogen (secondary N) is 2. The number of likely N-dealkylation sites (tertiary alicyclic amines) is 1. The number of benzene rings is 1. The monoisotopic (exact) mass is 475 g/mol. The molecule has 2 aromatic heterocycles. The van der Waals surface area contributed by atoms with Crippen molar-refractivity contribution in [3.05, 3.63) is 64.2 Å². The van der Waals surface area contributed by atoms with Crippen molar-refractivity contribution >= 4 is 34.4 Å². The highest BCUT2D eigenvalue weighted by Crippen LogP contribution is 2.28. The Morgan fingerprint density at radius 2 is 2.12 bits per heavy atom. The van der Waals surface area contributed by atoms with E-state index in [1.165, 1.54) is 24.4 Å². The number of fused-ring (bicyclic) bond motifs is 1. The second-order valence-corrected chi connectivity index (χ2v) is 8.22. The van der Waals surface area contributed by atoms with Gasteiger partial charge in [-0.2, -0.15) is 5.26 Å². The van der Waals surface area contributed by atoms with Crippen molar-refractivity contribution < 1.29 is 22.8 Å². The molecular weight excluding hydrogens is 459 g/mol. The molecule has 1 fully saturated rings. The minimum absolute atomic E-state index is 0.0590. The van der Waals surface area contributed by atoms with Crippen LogP contribution >= 0.6 is 11.6 Å². The lowest BCUT2D eigenvalue weighted by Crippen LogP contribution is -2.49. The van der Waals surface area contributed by atoms with Gasteiger partial charge in [0.25, 0.3) is 11.8 Å². The van der Waals surface area contributed by atoms with E-state index >= 15 is 0 Å². The molecule has 0 saturated carbocycles. The van der Waals surface area contributed by atoms with Crippen LogP contribution in [0.3, 0.4) is 0 Å². The standard InChI is InChI=1S/C22H17ClF3N5O2/c23-15-6-14-8-17(29-19(14)28-10-15)20(32)30-18(21(33)31-4-3-22(25,26)11-31)7-13-2-1-12(9-27)5-16(13)24/h1-2,5-6,8,10,18H,3-4,7,11H2,(H,28,29)(H,30,32). The number of aromatic nitrogens is 2. The molecule has 0 radical (unpaired) electrons. The lowest BCUT2D eigenvalue weighted by atomic mass is 10.0. The molecule has 2 N–H and O–H groups in total. The Bertz CT molecular complexity index is 1290. The van der Waals surface area contributed by atoms with E-state index in [0.29, 0.717) is 16.1 Å². The summed E-state index contributed by atoms with van der Waals surface area (Å²) in [6.45, 7) is -0.953. The first-order chi connectivity index (χ1) is 15.6. The summed E-state index contributed by atoms with van der Waals surface area (Å²) in [4.78, 5) is 33.7. The van der Waals surface area contributed by atoms with Crippen LogP contribution in [0.2, 0.25) is 5.02 Å². The Balaban J connectivity index is 1.60. The predicted molar refractivity (Wildman–Crippen MR) is 113 cm³/mol. The maximum atomic E-state index is 14.5. The number of alkyl halides is 2. The Morgan fingerprint density at radius 3 is 2.79 bits per heavy atom. The fourth-order valence-electron chi connectivity index (χ4n) is 3.69. The van der Waals surface area contributed by atoms with Crippen LogP contribution in [0.5, 0.6) is 0 Å². The van der Waals surface area contributed by atoms with Crippen LogP contribution in [-0.4, -0.2) is 51.7 Å². The van der Waals surface area contributed by atoms with Gasteiger partial charge in [-0.1, -0.05) is 17.7 Å². The first-order valence-corrected chi connectivity index (χ1v) is 10.3. The molecule has 3 heterocycles. The largest absolute Gasteiger partial charge is 0.339 e. The van der Waals surface area contributed by atoms with Crippen molar-refractivity contribution in [3.63, 3.8) is 0 Å². The van der Waals surface area contributed by atoms with Crippen LogP contribution in [0.25, 0.3) is 11.0 Å². The lowest BCUT2D eigenvalue weighted by molar-refractivity contribution is -0.133. The molecule has 4 rings (SSSR count). The summed E-state index contributed by atoms with van der Waals surface area (Å²) in [6.07, 6.45) is 0.628. The Hall–Kier alpha value is -3.58. The minimum Gasteiger partial charge on any atom is -0.339 e. The number of nitriles is 1. The van der Waals surface area contributed by atoms with E-state index in [0.717, 1.165) is 11.0 Å². The van der Waals surface area contributed by atoms with Crippen molar-refractivity contribution in [1.82, 2.24) is 20.2 Å². The predicted octanol–water partition coefficient (Wildman–Crippen LogP) is 3.44. The van der Waals surface area contributed by atoms with E-state index in [9.17, 15) is 22.8 Å². The maximum absolute atomic E-state index is 14.5. The van der Waals surface area contributed by atoms with Gasteiger partial charge in [-0.15, -0.1) is 0 Å². The third-order valence-corrected chi connectivity index (χ3v) is 5.58. The molecular formula is C22H17ClF3N5O2. The normalized spacial score (nSPS) is 15.9. The van der Waals surface area contributed by atoms with E-state index in [2.05, 4.69) is 15.3 Å². The summed E-state index contributed by atoms with van der Waals surface area (Å²) in [5.41, 5.74) is 0.615. The second kappa shape index (κ2) is 8.75. The molecule has 11 heteroatoms. The number of pyridine rings is 1. The van der Waals surface area contributed by atoms with Gasteiger partial charge >= 0.3 is 0 Å². The number of amides is 2. The van der Waals surface area contributed by atoms with Crippen LogP contribution in [-0.2, 0) is 11.2 Å². The first-order valence-electron chi connectivity index (χ1n) is 9.95. The minimum atomic E-state index is -3.02. The van der Waals surface area contributed by atoms with Gasteiger partial charge in [-0.25, -0.2) is 18.2 Å². The molecule has 1 atom stereocenters. The molecule has 1 aliphatic rings. The fourth-order valence-corrected chi connectivity index (χ4v) is 3.86. The van der Waals surface area contributed by atoms with E-state index < -0.39 is 42.6 Å². The van der Waals surface area contributed by atoms with Gasteiger partial charge in [-0.3, -0.25) is 9.59 Å². The molecule has 0 bridgehead atoms. The van der Waals surface area contributed by atoms with Crippen molar-refractivity contribution in [2.75, 3.05) is 13.1 Å². The molecule has 33 heavy (non-hydrogen) atoms. The van der Waals surface area contributed by atoms with Crippen LogP contribution in [0.4, 0.5) is 13.2 Å². The smallest absolute Gasteiger partial charge is 0.268 e. The lowest BCUT2D eigenvalue weighted by Gasteiger charge is -2.24. The third kappa shape index (κ3) is 4.93. The molecule has 1 unspecified atom stereocenters. The number of aromatic amines is 1. The first kappa shape index (κ1) is 22.6. The molecule has 1 aliphatic heterocycles. The van der Waals surface area contributed by atoms with Gasteiger partial charge in [0.2, 0.25) is 5.91 Å². The van der Waals surface area contributed by atoms with Gasteiger partial charge < -0.3 is 15.2 Å². The highest BCUT2D eigenvalue weighted by molar-refractivity contribution is 6.31. The topological polar surface area (TPSA) is 102 Å². The SMILES string of the molecule is N#Cc1ccc(CC(NC(=O)c2cc3cc(Cl)cnc3[nH]2)C(=O)N2CCC(F)(F)C2)c(F)c1. The van der Waals surface area contributed by atoms with Gasteiger partial charge in [0.05, 0.1) is 23.2 Å². The van der Waals surface area contributed by atoms with Crippen molar-refractivity contribution in [3.8, 4) is 6.07 Å². The molecule has 0 aliphatic carbocycles. The van der Waals surface area contributed by atoms with E-state index in [4.69, 9.17) is 16.9 Å². The number of carbonyl (C=O) groups is 2. The number of carbonyl (C=O) groups excluding carboxylic acids is 2. The zero-order chi connectivity index (χ0) is 23.8. The summed E-state index contributed by atoms with van der Waals surface area (Å²) in [5, 5.41) is 12.4.